The van der Waals surface area contributed by atoms with Gasteiger partial charge in [-0.1, -0.05) is 13.8 Å². The molecule has 0 saturated heterocycles. The normalized spacial score (nSPS) is 25.7. The SMILES string of the molecule is COCCOC(=O)C(F)=CC1C(C(=O)O)C1(C)C. The number of carbonyl (C=O) groups is 2. The lowest BCUT2D eigenvalue weighted by molar-refractivity contribution is -0.142. The highest BCUT2D eigenvalue weighted by Crippen LogP contribution is 2.59. The summed E-state index contributed by atoms with van der Waals surface area (Å²) in [6.07, 6.45) is 1.04. The number of allylic oxidation sites excluding steroid dienone is 1. The minimum atomic E-state index is -1.08. The van der Waals surface area contributed by atoms with E-state index in [1.165, 1.54) is 7.11 Å². The van der Waals surface area contributed by atoms with Gasteiger partial charge in [-0.05, 0) is 17.4 Å². The van der Waals surface area contributed by atoms with Gasteiger partial charge in [0.05, 0.1) is 12.5 Å². The van der Waals surface area contributed by atoms with Crippen molar-refractivity contribution in [3.05, 3.63) is 11.9 Å². The van der Waals surface area contributed by atoms with Gasteiger partial charge in [0.25, 0.3) is 0 Å². The topological polar surface area (TPSA) is 72.8 Å². The zero-order chi connectivity index (χ0) is 13.9. The molecule has 0 spiro atoms. The summed E-state index contributed by atoms with van der Waals surface area (Å²) in [5, 5.41) is 8.90. The Bertz CT molecular complexity index is 375. The Labute approximate surface area is 105 Å². The van der Waals surface area contributed by atoms with E-state index < -0.39 is 35.0 Å². The van der Waals surface area contributed by atoms with Crippen LogP contribution in [0.3, 0.4) is 0 Å². The Morgan fingerprint density at radius 1 is 1.39 bits per heavy atom. The average molecular weight is 260 g/mol. The first kappa shape index (κ1) is 14.6. The van der Waals surface area contributed by atoms with E-state index in [1.54, 1.807) is 13.8 Å². The highest BCUT2D eigenvalue weighted by molar-refractivity contribution is 5.86. The van der Waals surface area contributed by atoms with Crippen LogP contribution in [0.5, 0.6) is 0 Å². The van der Waals surface area contributed by atoms with E-state index in [0.29, 0.717) is 0 Å². The Hall–Kier alpha value is -1.43. The van der Waals surface area contributed by atoms with Crippen molar-refractivity contribution in [2.45, 2.75) is 13.8 Å². The molecule has 102 valence electrons. The molecule has 0 radical (unpaired) electrons. The fourth-order valence-electron chi connectivity index (χ4n) is 1.97. The monoisotopic (exact) mass is 260 g/mol. The number of ether oxygens (including phenoxy) is 2. The fraction of sp³-hybridized carbons (Fsp3) is 0.667. The number of esters is 1. The minimum absolute atomic E-state index is 0.0347. The van der Waals surface area contributed by atoms with Gasteiger partial charge in [-0.2, -0.15) is 4.39 Å². The van der Waals surface area contributed by atoms with Crippen LogP contribution in [0.15, 0.2) is 11.9 Å². The number of halogens is 1. The third-order valence-corrected chi connectivity index (χ3v) is 3.22. The van der Waals surface area contributed by atoms with Gasteiger partial charge in [0, 0.05) is 7.11 Å². The second-order valence-corrected chi connectivity index (χ2v) is 4.81. The molecule has 1 rings (SSSR count). The number of carboxylic acids is 1. The van der Waals surface area contributed by atoms with Crippen LogP contribution in [-0.2, 0) is 19.1 Å². The predicted molar refractivity (Wildman–Crippen MR) is 60.4 cm³/mol. The summed E-state index contributed by atoms with van der Waals surface area (Å²) in [6.45, 7) is 3.59. The number of carbonyl (C=O) groups excluding carboxylic acids is 1. The molecular formula is C12H17FO5. The molecule has 1 saturated carbocycles. The number of carboxylic acid groups (broad SMARTS) is 1. The molecule has 1 N–H and O–H groups in total. The summed E-state index contributed by atoms with van der Waals surface area (Å²) in [5.74, 6) is -4.26. The predicted octanol–water partition coefficient (Wildman–Crippen LogP) is 1.39. The molecule has 1 fully saturated rings. The number of hydrogen-bond donors (Lipinski definition) is 1. The smallest absolute Gasteiger partial charge is 0.366 e. The lowest BCUT2D eigenvalue weighted by atomic mass is 10.1. The first-order valence-corrected chi connectivity index (χ1v) is 5.58. The van der Waals surface area contributed by atoms with Crippen LogP contribution >= 0.6 is 0 Å². The van der Waals surface area contributed by atoms with Crippen molar-refractivity contribution in [3.63, 3.8) is 0 Å². The number of hydrogen-bond acceptors (Lipinski definition) is 4. The van der Waals surface area contributed by atoms with Crippen molar-refractivity contribution in [1.82, 2.24) is 0 Å². The number of rotatable bonds is 6. The van der Waals surface area contributed by atoms with Gasteiger partial charge in [-0.15, -0.1) is 0 Å². The van der Waals surface area contributed by atoms with Gasteiger partial charge in [-0.3, -0.25) is 4.79 Å². The maximum atomic E-state index is 13.4. The molecule has 0 heterocycles. The molecule has 0 amide bonds. The van der Waals surface area contributed by atoms with Crippen molar-refractivity contribution < 1.29 is 28.6 Å². The van der Waals surface area contributed by atoms with Crippen molar-refractivity contribution in [2.75, 3.05) is 20.3 Å². The van der Waals surface area contributed by atoms with Crippen LogP contribution in [0, 0.1) is 17.3 Å². The van der Waals surface area contributed by atoms with Crippen molar-refractivity contribution in [2.24, 2.45) is 17.3 Å². The van der Waals surface area contributed by atoms with E-state index in [9.17, 15) is 14.0 Å². The molecule has 0 bridgehead atoms. The van der Waals surface area contributed by atoms with Crippen LogP contribution < -0.4 is 0 Å². The summed E-state index contributed by atoms with van der Waals surface area (Å²) >= 11 is 0. The van der Waals surface area contributed by atoms with E-state index >= 15 is 0 Å². The average Bonchev–Trinajstić information content (AvgIpc) is 2.80. The van der Waals surface area contributed by atoms with Crippen LogP contribution in [0.25, 0.3) is 0 Å². The molecule has 1 aliphatic rings. The molecule has 2 unspecified atom stereocenters. The highest BCUT2D eigenvalue weighted by atomic mass is 19.1. The molecule has 0 aromatic carbocycles. The number of aliphatic carboxylic acids is 1. The van der Waals surface area contributed by atoms with E-state index in [1.807, 2.05) is 0 Å². The van der Waals surface area contributed by atoms with E-state index in [4.69, 9.17) is 5.11 Å². The van der Waals surface area contributed by atoms with Crippen molar-refractivity contribution >= 4 is 11.9 Å². The Kier molecular flexibility index (Phi) is 4.45. The zero-order valence-electron chi connectivity index (χ0n) is 10.6. The zero-order valence-corrected chi connectivity index (χ0v) is 10.6. The lowest BCUT2D eigenvalue weighted by Gasteiger charge is -2.02. The quantitative estimate of drug-likeness (QED) is 0.444. The third-order valence-electron chi connectivity index (χ3n) is 3.22. The van der Waals surface area contributed by atoms with Gasteiger partial charge in [0.1, 0.15) is 6.61 Å². The van der Waals surface area contributed by atoms with Crippen LogP contribution in [-0.4, -0.2) is 37.4 Å². The molecule has 0 aromatic rings. The van der Waals surface area contributed by atoms with Crippen LogP contribution in [0.1, 0.15) is 13.8 Å². The van der Waals surface area contributed by atoms with Crippen molar-refractivity contribution in [1.29, 1.82) is 0 Å². The number of methoxy groups -OCH3 is 1. The lowest BCUT2D eigenvalue weighted by Crippen LogP contribution is -2.10. The molecular weight excluding hydrogens is 243 g/mol. The summed E-state index contributed by atoms with van der Waals surface area (Å²) in [6, 6.07) is 0. The van der Waals surface area contributed by atoms with Gasteiger partial charge in [-0.25, -0.2) is 4.79 Å². The van der Waals surface area contributed by atoms with E-state index in [-0.39, 0.29) is 13.2 Å². The molecule has 6 heteroatoms. The highest BCUT2D eigenvalue weighted by Gasteiger charge is 2.61. The molecule has 2 atom stereocenters. The summed E-state index contributed by atoms with van der Waals surface area (Å²) in [5.41, 5.74) is -0.532. The molecule has 18 heavy (non-hydrogen) atoms. The second kappa shape index (κ2) is 5.48. The summed E-state index contributed by atoms with van der Waals surface area (Å²) in [7, 11) is 1.43. The minimum Gasteiger partial charge on any atom is -0.481 e. The Morgan fingerprint density at radius 3 is 2.44 bits per heavy atom. The van der Waals surface area contributed by atoms with Crippen molar-refractivity contribution in [3.8, 4) is 0 Å². The molecule has 0 aliphatic heterocycles. The Balaban J connectivity index is 2.57. The molecule has 0 aromatic heterocycles. The third kappa shape index (κ3) is 3.07. The Morgan fingerprint density at radius 2 is 2.00 bits per heavy atom. The summed E-state index contributed by atoms with van der Waals surface area (Å²) < 4.78 is 22.7. The van der Waals surface area contributed by atoms with Crippen LogP contribution in [0.4, 0.5) is 4.39 Å². The maximum absolute atomic E-state index is 13.4. The standard InChI is InChI=1S/C12H17FO5/c1-12(2)7(9(12)10(14)15)6-8(13)11(16)18-5-4-17-3/h6-7,9H,4-5H2,1-3H3,(H,14,15). The van der Waals surface area contributed by atoms with Gasteiger partial charge in [0.2, 0.25) is 5.83 Å². The second-order valence-electron chi connectivity index (χ2n) is 4.81. The first-order valence-electron chi connectivity index (χ1n) is 5.58. The van der Waals surface area contributed by atoms with Crippen LogP contribution in [0.2, 0.25) is 0 Å². The summed E-state index contributed by atoms with van der Waals surface area (Å²) in [4.78, 5) is 22.1. The fourth-order valence-corrected chi connectivity index (χ4v) is 1.97. The van der Waals surface area contributed by atoms with Gasteiger partial charge in [0.15, 0.2) is 0 Å². The van der Waals surface area contributed by atoms with Gasteiger partial charge < -0.3 is 14.6 Å². The first-order chi connectivity index (χ1) is 8.32. The maximum Gasteiger partial charge on any atom is 0.366 e. The van der Waals surface area contributed by atoms with E-state index in [2.05, 4.69) is 9.47 Å². The van der Waals surface area contributed by atoms with Gasteiger partial charge >= 0.3 is 11.9 Å². The van der Waals surface area contributed by atoms with E-state index in [0.717, 1.165) is 6.08 Å². The molecule has 5 nitrogen and oxygen atoms in total. The largest absolute Gasteiger partial charge is 0.481 e. The molecule has 1 aliphatic carbocycles.